The lowest BCUT2D eigenvalue weighted by molar-refractivity contribution is 0.310. The highest BCUT2D eigenvalue weighted by Gasteiger charge is 2.41. The summed E-state index contributed by atoms with van der Waals surface area (Å²) in [4.78, 5) is 11.5. The molecule has 1 N–H and O–H groups in total. The Morgan fingerprint density at radius 1 is 0.906 bits per heavy atom. The Labute approximate surface area is 193 Å². The molecule has 1 aromatic carbocycles. The number of aromatic nitrogens is 3. The number of benzene rings is 1. The standard InChI is InChI=1S/C26H25N5S/c1-18-16-21(19(2)31(18)23-13-7-9-15-28-23)25-24(22-12-6-8-14-27-22)29-26(32)30(25)17-20-10-4-3-5-11-20/h3-16,24-25H,17H2,1-2H3,(H,29,32)/t24-,25+/m0/s1. The number of nitrogens with one attached hydrogen (secondary N) is 1. The first-order valence-corrected chi connectivity index (χ1v) is 11.2. The smallest absolute Gasteiger partial charge is 0.170 e. The molecule has 5 rings (SSSR count). The molecule has 160 valence electrons. The molecule has 5 nitrogen and oxygen atoms in total. The van der Waals surface area contributed by atoms with Gasteiger partial charge in [0.1, 0.15) is 5.82 Å². The van der Waals surface area contributed by atoms with E-state index in [1.165, 1.54) is 11.1 Å². The quantitative estimate of drug-likeness (QED) is 0.441. The van der Waals surface area contributed by atoms with Crippen molar-refractivity contribution < 1.29 is 0 Å². The zero-order chi connectivity index (χ0) is 22.1. The van der Waals surface area contributed by atoms with E-state index < -0.39 is 0 Å². The molecule has 1 aliphatic rings. The van der Waals surface area contributed by atoms with Crippen LogP contribution >= 0.6 is 12.2 Å². The molecule has 0 radical (unpaired) electrons. The fourth-order valence-corrected chi connectivity index (χ4v) is 4.93. The van der Waals surface area contributed by atoms with Crippen LogP contribution in [0.4, 0.5) is 0 Å². The third-order valence-corrected chi connectivity index (χ3v) is 6.41. The molecule has 0 spiro atoms. The van der Waals surface area contributed by atoms with Crippen LogP contribution in [-0.4, -0.2) is 24.5 Å². The van der Waals surface area contributed by atoms with Gasteiger partial charge in [0.25, 0.3) is 0 Å². The van der Waals surface area contributed by atoms with Gasteiger partial charge in [-0.15, -0.1) is 0 Å². The minimum atomic E-state index is -0.0369. The molecule has 1 fully saturated rings. The predicted molar refractivity (Wildman–Crippen MR) is 130 cm³/mol. The molecule has 0 amide bonds. The van der Waals surface area contributed by atoms with E-state index >= 15 is 0 Å². The Bertz CT molecular complexity index is 1220. The zero-order valence-electron chi connectivity index (χ0n) is 18.1. The minimum Gasteiger partial charge on any atom is -0.352 e. The van der Waals surface area contributed by atoms with Crippen LogP contribution in [0.5, 0.6) is 0 Å². The number of hydrogen-bond acceptors (Lipinski definition) is 3. The molecular weight excluding hydrogens is 414 g/mol. The third-order valence-electron chi connectivity index (χ3n) is 6.06. The van der Waals surface area contributed by atoms with Crippen LogP contribution in [0.1, 0.15) is 40.3 Å². The summed E-state index contributed by atoms with van der Waals surface area (Å²) in [6.07, 6.45) is 3.67. The van der Waals surface area contributed by atoms with Gasteiger partial charge in [-0.25, -0.2) is 4.98 Å². The first-order chi connectivity index (χ1) is 15.6. The largest absolute Gasteiger partial charge is 0.352 e. The highest BCUT2D eigenvalue weighted by atomic mass is 32.1. The maximum absolute atomic E-state index is 5.84. The highest BCUT2D eigenvalue weighted by Crippen LogP contribution is 2.42. The van der Waals surface area contributed by atoms with Crippen LogP contribution in [0, 0.1) is 13.8 Å². The van der Waals surface area contributed by atoms with E-state index in [1.54, 1.807) is 0 Å². The van der Waals surface area contributed by atoms with Gasteiger partial charge in [-0.3, -0.25) is 4.98 Å². The van der Waals surface area contributed by atoms with Crippen molar-refractivity contribution >= 4 is 17.3 Å². The van der Waals surface area contributed by atoms with Gasteiger partial charge in [0, 0.05) is 30.3 Å². The van der Waals surface area contributed by atoms with Crippen LogP contribution in [0.2, 0.25) is 0 Å². The van der Waals surface area contributed by atoms with Crippen molar-refractivity contribution in [2.24, 2.45) is 0 Å². The van der Waals surface area contributed by atoms with Crippen LogP contribution < -0.4 is 5.32 Å². The summed E-state index contributed by atoms with van der Waals surface area (Å²) in [5, 5.41) is 4.30. The average Bonchev–Trinajstić information content (AvgIpc) is 3.30. The fourth-order valence-electron chi connectivity index (χ4n) is 4.62. The van der Waals surface area contributed by atoms with Gasteiger partial charge < -0.3 is 14.8 Å². The SMILES string of the molecule is Cc1cc([C@@H]2[C@H](c3ccccn3)NC(=S)N2Cc2ccccc2)c(C)n1-c1ccccn1. The van der Waals surface area contributed by atoms with Crippen LogP contribution in [-0.2, 0) is 6.54 Å². The molecule has 6 heteroatoms. The Kier molecular flexibility index (Phi) is 5.45. The van der Waals surface area contributed by atoms with Crippen molar-refractivity contribution in [2.75, 3.05) is 0 Å². The van der Waals surface area contributed by atoms with Crippen LogP contribution in [0.25, 0.3) is 5.82 Å². The van der Waals surface area contributed by atoms with Crippen LogP contribution in [0.3, 0.4) is 0 Å². The normalized spacial score (nSPS) is 18.1. The Balaban J connectivity index is 1.62. The Morgan fingerprint density at radius 3 is 2.31 bits per heavy atom. The van der Waals surface area contributed by atoms with Gasteiger partial charge >= 0.3 is 0 Å². The molecule has 0 bridgehead atoms. The second-order valence-corrected chi connectivity index (χ2v) is 8.48. The summed E-state index contributed by atoms with van der Waals surface area (Å²) >= 11 is 5.84. The molecule has 4 heterocycles. The van der Waals surface area contributed by atoms with Gasteiger partial charge in [-0.05, 0) is 67.5 Å². The van der Waals surface area contributed by atoms with Crippen molar-refractivity contribution in [3.05, 3.63) is 113 Å². The number of hydrogen-bond donors (Lipinski definition) is 1. The molecule has 4 aromatic rings. The molecule has 32 heavy (non-hydrogen) atoms. The number of thiocarbonyl (C=S) groups is 1. The first kappa shape index (κ1) is 20.4. The lowest BCUT2D eigenvalue weighted by atomic mass is 9.96. The summed E-state index contributed by atoms with van der Waals surface area (Å²) in [6, 6.07) is 24.7. The fraction of sp³-hybridized carbons (Fsp3) is 0.192. The van der Waals surface area contributed by atoms with Gasteiger partial charge in [-0.1, -0.05) is 42.5 Å². The van der Waals surface area contributed by atoms with Gasteiger partial charge in [0.2, 0.25) is 0 Å². The molecule has 0 saturated carbocycles. The summed E-state index contributed by atoms with van der Waals surface area (Å²) < 4.78 is 2.22. The van der Waals surface area contributed by atoms with E-state index in [1.807, 2.05) is 48.8 Å². The summed E-state index contributed by atoms with van der Waals surface area (Å²) in [5.41, 5.74) is 5.75. The van der Waals surface area contributed by atoms with Crippen LogP contribution in [0.15, 0.2) is 85.2 Å². The number of rotatable bonds is 5. The van der Waals surface area contributed by atoms with Crippen molar-refractivity contribution in [3.63, 3.8) is 0 Å². The number of pyridine rings is 2. The maximum atomic E-state index is 5.84. The zero-order valence-corrected chi connectivity index (χ0v) is 19.0. The molecule has 1 aliphatic heterocycles. The monoisotopic (exact) mass is 439 g/mol. The molecule has 1 saturated heterocycles. The van der Waals surface area contributed by atoms with E-state index in [0.29, 0.717) is 0 Å². The van der Waals surface area contributed by atoms with Gasteiger partial charge in [0.05, 0.1) is 17.8 Å². The lowest BCUT2D eigenvalue weighted by Gasteiger charge is -2.28. The van der Waals surface area contributed by atoms with E-state index in [2.05, 4.69) is 75.0 Å². The Hall–Kier alpha value is -3.51. The van der Waals surface area contributed by atoms with E-state index in [-0.39, 0.29) is 12.1 Å². The van der Waals surface area contributed by atoms with Crippen molar-refractivity contribution in [1.82, 2.24) is 24.8 Å². The van der Waals surface area contributed by atoms with E-state index in [4.69, 9.17) is 12.2 Å². The molecule has 2 atom stereocenters. The average molecular weight is 440 g/mol. The molecule has 3 aromatic heterocycles. The van der Waals surface area contributed by atoms with Crippen molar-refractivity contribution in [2.45, 2.75) is 32.5 Å². The molecule has 0 aliphatic carbocycles. The third kappa shape index (κ3) is 3.67. The summed E-state index contributed by atoms with van der Waals surface area (Å²) in [5.74, 6) is 0.922. The van der Waals surface area contributed by atoms with E-state index in [0.717, 1.165) is 34.6 Å². The van der Waals surface area contributed by atoms with Crippen molar-refractivity contribution in [1.29, 1.82) is 0 Å². The topological polar surface area (TPSA) is 46.0 Å². The molecule has 0 unspecified atom stereocenters. The van der Waals surface area contributed by atoms with E-state index in [9.17, 15) is 0 Å². The van der Waals surface area contributed by atoms with Gasteiger partial charge in [-0.2, -0.15) is 0 Å². The number of nitrogens with zero attached hydrogens (tertiary/aromatic N) is 4. The second kappa shape index (κ2) is 8.55. The molecular formula is C26H25N5S. The first-order valence-electron chi connectivity index (χ1n) is 10.8. The van der Waals surface area contributed by atoms with Crippen molar-refractivity contribution in [3.8, 4) is 5.82 Å². The predicted octanol–water partition coefficient (Wildman–Crippen LogP) is 5.06. The summed E-state index contributed by atoms with van der Waals surface area (Å²) in [7, 11) is 0. The second-order valence-electron chi connectivity index (χ2n) is 8.09. The maximum Gasteiger partial charge on any atom is 0.170 e. The lowest BCUT2D eigenvalue weighted by Crippen LogP contribution is -2.29. The Morgan fingerprint density at radius 2 is 1.62 bits per heavy atom. The summed E-state index contributed by atoms with van der Waals surface area (Å²) in [6.45, 7) is 5.02. The number of aryl methyl sites for hydroxylation is 1. The highest BCUT2D eigenvalue weighted by molar-refractivity contribution is 7.80. The van der Waals surface area contributed by atoms with Gasteiger partial charge in [0.15, 0.2) is 5.11 Å². The minimum absolute atomic E-state index is 0.0151.